The Morgan fingerprint density at radius 3 is 1.40 bits per heavy atom. The average molecular weight is 878 g/mol. The molecule has 65 heavy (non-hydrogen) atoms. The number of hydrogen-bond acceptors (Lipinski definition) is 4. The van der Waals surface area contributed by atoms with Gasteiger partial charge >= 0.3 is 0 Å². The van der Waals surface area contributed by atoms with Crippen LogP contribution in [-0.4, -0.2) is 6.71 Å². The van der Waals surface area contributed by atoms with Crippen molar-refractivity contribution in [2.75, 3.05) is 14.7 Å². The van der Waals surface area contributed by atoms with Crippen LogP contribution in [0.2, 0.25) is 0 Å². The molecule has 3 heterocycles. The Balaban J connectivity index is 1.43. The van der Waals surface area contributed by atoms with Gasteiger partial charge < -0.3 is 14.7 Å². The summed E-state index contributed by atoms with van der Waals surface area (Å²) in [5, 5.41) is 2.12. The third kappa shape index (κ3) is 7.46. The van der Waals surface area contributed by atoms with Crippen molar-refractivity contribution in [3.8, 4) is 0 Å². The minimum Gasteiger partial charge on any atom is -0.311 e. The van der Waals surface area contributed by atoms with E-state index >= 15 is 0 Å². The zero-order chi connectivity index (χ0) is 54.5. The molecule has 1 aromatic heterocycles. The van der Waals surface area contributed by atoms with Gasteiger partial charge in [-0.05, 0) is 138 Å². The Hall–Kier alpha value is -6.04. The van der Waals surface area contributed by atoms with Gasteiger partial charge in [0.25, 0.3) is 6.71 Å². The molecule has 5 heteroatoms. The van der Waals surface area contributed by atoms with Gasteiger partial charge in [0.05, 0.1) is 24.4 Å². The van der Waals surface area contributed by atoms with Crippen LogP contribution in [0.25, 0.3) is 10.1 Å². The zero-order valence-electron chi connectivity index (χ0n) is 49.6. The lowest BCUT2D eigenvalue weighted by atomic mass is 9.33. The van der Waals surface area contributed by atoms with Gasteiger partial charge in [0, 0.05) is 44.5 Å². The third-order valence-electron chi connectivity index (χ3n) is 13.1. The second-order valence-electron chi connectivity index (χ2n) is 21.7. The van der Waals surface area contributed by atoms with Crippen LogP contribution in [0.4, 0.5) is 50.5 Å². The van der Waals surface area contributed by atoms with E-state index in [0.717, 1.165) is 70.9 Å². The number of thiophene rings is 1. The first-order chi connectivity index (χ1) is 34.9. The first-order valence-corrected chi connectivity index (χ1v) is 23.4. The lowest BCUT2D eigenvalue weighted by Gasteiger charge is -2.44. The first kappa shape index (κ1) is 32.6. The van der Waals surface area contributed by atoms with Crippen LogP contribution in [0.15, 0.2) is 157 Å². The average Bonchev–Trinajstić information content (AvgIpc) is 3.73. The highest BCUT2D eigenvalue weighted by atomic mass is 32.1. The van der Waals surface area contributed by atoms with Crippen molar-refractivity contribution in [1.82, 2.24) is 0 Å². The Bertz CT molecular complexity index is 3550. The van der Waals surface area contributed by atoms with Gasteiger partial charge in [-0.25, -0.2) is 0 Å². The van der Waals surface area contributed by atoms with Gasteiger partial charge in [0.15, 0.2) is 0 Å². The lowest BCUT2D eigenvalue weighted by Crippen LogP contribution is -2.61. The molecule has 0 bridgehead atoms. The molecule has 0 saturated heterocycles. The monoisotopic (exact) mass is 878 g/mol. The molecule has 0 fully saturated rings. The fourth-order valence-corrected chi connectivity index (χ4v) is 10.7. The normalized spacial score (nSPS) is 15.9. The Kier molecular flexibility index (Phi) is 7.66. The van der Waals surface area contributed by atoms with Crippen LogP contribution in [-0.2, 0) is 21.7 Å². The molecule has 0 atom stereocenters. The van der Waals surface area contributed by atoms with E-state index in [9.17, 15) is 5.48 Å². The maximum atomic E-state index is 9.47. The number of fused-ring (bicyclic) bond motifs is 6. The third-order valence-corrected chi connectivity index (χ3v) is 14.2. The summed E-state index contributed by atoms with van der Waals surface area (Å²) in [5.74, 6) is 0. The molecule has 0 amide bonds. The highest BCUT2D eigenvalue weighted by molar-refractivity contribution is 7.26. The molecule has 0 radical (unpaired) electrons. The van der Waals surface area contributed by atoms with Crippen LogP contribution in [0.3, 0.4) is 0 Å². The van der Waals surface area contributed by atoms with E-state index in [1.165, 1.54) is 10.5 Å². The fraction of sp³-hybridized carbons (Fsp3) is 0.267. The van der Waals surface area contributed by atoms with E-state index in [0.29, 0.717) is 5.69 Å². The maximum absolute atomic E-state index is 9.47. The van der Waals surface area contributed by atoms with Crippen LogP contribution in [0.5, 0.6) is 0 Å². The van der Waals surface area contributed by atoms with Crippen LogP contribution in [0.1, 0.15) is 119 Å². The molecule has 10 rings (SSSR count). The smallest absolute Gasteiger partial charge is 0.254 e. The minimum atomic E-state index is -0.628. The fourth-order valence-electron chi connectivity index (χ4n) is 9.41. The molecule has 0 N–H and O–H groups in total. The van der Waals surface area contributed by atoms with Gasteiger partial charge in [-0.1, -0.05) is 168 Å². The van der Waals surface area contributed by atoms with E-state index in [1.54, 1.807) is 11.3 Å². The number of benzene rings is 7. The summed E-state index contributed by atoms with van der Waals surface area (Å²) in [7, 11) is 0. The molecular formula is C60H62BN3S. The molecular weight excluding hydrogens is 806 g/mol. The second kappa shape index (κ2) is 15.3. The predicted molar refractivity (Wildman–Crippen MR) is 285 cm³/mol. The van der Waals surface area contributed by atoms with Crippen molar-refractivity contribution in [3.05, 3.63) is 180 Å². The number of para-hydroxylation sites is 2. The van der Waals surface area contributed by atoms with Gasteiger partial charge in [0.2, 0.25) is 0 Å². The SMILES string of the molecule is [2H]c1c([2H])c([2H])c(N(c2cc3c4c(c2)N(c2ccc(C(C)(C)C)cc2)c2sc5ccc(C(C)(C)C)cc5c2B4c2cc(C(C)(C)C)ccc2N3c2ccc(C(C)(C)C)cc2)c2c([2H])c([2H])c([2H])c([2H])c2[2H])c([2H])c1[2H]. The van der Waals surface area contributed by atoms with E-state index in [1.807, 2.05) is 12.1 Å². The topological polar surface area (TPSA) is 9.72 Å². The van der Waals surface area contributed by atoms with Gasteiger partial charge in [0.1, 0.15) is 0 Å². The molecule has 0 saturated carbocycles. The number of rotatable bonds is 5. The summed E-state index contributed by atoms with van der Waals surface area (Å²) in [6, 6.07) is 28.4. The highest BCUT2D eigenvalue weighted by Crippen LogP contribution is 2.51. The molecule has 3 nitrogen and oxygen atoms in total. The van der Waals surface area contributed by atoms with E-state index < -0.39 is 60.4 Å². The lowest BCUT2D eigenvalue weighted by molar-refractivity contribution is 0.590. The maximum Gasteiger partial charge on any atom is 0.254 e. The van der Waals surface area contributed by atoms with Crippen LogP contribution < -0.4 is 31.1 Å². The molecule has 0 aliphatic carbocycles. The summed E-state index contributed by atoms with van der Waals surface area (Å²) in [4.78, 5) is 5.79. The molecule has 0 spiro atoms. The van der Waals surface area contributed by atoms with E-state index in [-0.39, 0.29) is 45.4 Å². The quantitative estimate of drug-likeness (QED) is 0.160. The molecule has 2 aliphatic heterocycles. The van der Waals surface area contributed by atoms with Crippen molar-refractivity contribution < 1.29 is 13.7 Å². The molecule has 0 unspecified atom stereocenters. The summed E-state index contributed by atoms with van der Waals surface area (Å²) < 4.78 is 92.0. The Morgan fingerprint density at radius 1 is 0.446 bits per heavy atom. The Labute approximate surface area is 406 Å². The van der Waals surface area contributed by atoms with Crippen molar-refractivity contribution in [2.45, 2.75) is 105 Å². The van der Waals surface area contributed by atoms with Crippen LogP contribution >= 0.6 is 11.3 Å². The summed E-state index contributed by atoms with van der Waals surface area (Å²) in [5.41, 5.74) is 10.7. The van der Waals surface area contributed by atoms with Gasteiger partial charge in [-0.2, -0.15) is 0 Å². The molecule has 8 aromatic rings. The first-order valence-electron chi connectivity index (χ1n) is 27.6. The zero-order valence-corrected chi connectivity index (χ0v) is 40.4. The van der Waals surface area contributed by atoms with Crippen molar-refractivity contribution in [2.24, 2.45) is 0 Å². The Morgan fingerprint density at radius 2 is 0.892 bits per heavy atom. The number of nitrogens with zero attached hydrogens (tertiary/aromatic N) is 3. The predicted octanol–water partition coefficient (Wildman–Crippen LogP) is 15.6. The van der Waals surface area contributed by atoms with E-state index in [4.69, 9.17) is 8.22 Å². The minimum absolute atomic E-state index is 0.149. The molecule has 326 valence electrons. The number of anilines is 9. The summed E-state index contributed by atoms with van der Waals surface area (Å²) in [6.07, 6.45) is 0. The van der Waals surface area contributed by atoms with E-state index in [2.05, 4.69) is 178 Å². The standard InChI is InChI=1S/C60H62BN3S/c1-57(2,3)39-23-29-45(30-24-39)63-50-33-27-42(60(10,11)12)36-49(50)61-54-48-35-41(59(7,8)9)28-34-53(48)65-56(54)64(46-31-25-40(26-32-46)58(4,5)6)52-38-47(37-51(63)55(52)61)62(43-19-15-13-16-20-43)44-21-17-14-18-22-44/h13-38H,1-12H3/i13D,14D,15D,16D,17D,18D,19D,20D,21D,22D. The largest absolute Gasteiger partial charge is 0.311 e. The number of hydrogen-bond donors (Lipinski definition) is 0. The van der Waals surface area contributed by atoms with Crippen molar-refractivity contribution >= 4 is 95.0 Å². The summed E-state index contributed by atoms with van der Waals surface area (Å²) >= 11 is 1.70. The second-order valence-corrected chi connectivity index (χ2v) is 22.7. The van der Waals surface area contributed by atoms with Gasteiger partial charge in [-0.3, -0.25) is 0 Å². The van der Waals surface area contributed by atoms with Crippen molar-refractivity contribution in [1.29, 1.82) is 0 Å². The highest BCUT2D eigenvalue weighted by Gasteiger charge is 2.46. The summed E-state index contributed by atoms with van der Waals surface area (Å²) in [6.45, 7) is 26.1. The van der Waals surface area contributed by atoms with Gasteiger partial charge in [-0.15, -0.1) is 11.3 Å². The van der Waals surface area contributed by atoms with Crippen LogP contribution in [0, 0.1) is 0 Å². The van der Waals surface area contributed by atoms with Crippen molar-refractivity contribution in [3.63, 3.8) is 0 Å². The molecule has 7 aromatic carbocycles. The molecule has 2 aliphatic rings.